The first-order valence-electron chi connectivity index (χ1n) is 7.25. The van der Waals surface area contributed by atoms with Gasteiger partial charge in [0.15, 0.2) is 0 Å². The maximum atomic E-state index is 12.3. The summed E-state index contributed by atoms with van der Waals surface area (Å²) in [6.45, 7) is 1.03. The molecule has 19 heavy (non-hydrogen) atoms. The van der Waals surface area contributed by atoms with Gasteiger partial charge in [0.05, 0.1) is 0 Å². The van der Waals surface area contributed by atoms with Crippen LogP contribution in [0.2, 0.25) is 0 Å². The maximum Gasteiger partial charge on any atom is 0.223 e. The topological polar surface area (TPSA) is 40.5 Å². The van der Waals surface area contributed by atoms with Crippen LogP contribution in [-0.4, -0.2) is 35.1 Å². The van der Waals surface area contributed by atoms with Crippen LogP contribution in [0.5, 0.6) is 0 Å². The molecule has 1 saturated heterocycles. The molecule has 0 radical (unpaired) electrons. The number of hydrogen-bond donors (Lipinski definition) is 1. The van der Waals surface area contributed by atoms with Crippen molar-refractivity contribution in [1.29, 1.82) is 0 Å². The number of piperidine rings is 1. The molecule has 0 bridgehead atoms. The van der Waals surface area contributed by atoms with Crippen LogP contribution >= 0.6 is 0 Å². The Morgan fingerprint density at radius 3 is 2.79 bits per heavy atom. The number of carbonyl (C=O) groups is 1. The highest BCUT2D eigenvalue weighted by molar-refractivity contribution is 5.76. The molecule has 1 aliphatic heterocycles. The molecule has 0 saturated carbocycles. The molecule has 3 heteroatoms. The van der Waals surface area contributed by atoms with E-state index in [0.717, 1.165) is 32.2 Å². The Balaban J connectivity index is 1.87. The van der Waals surface area contributed by atoms with Crippen molar-refractivity contribution in [3.8, 4) is 0 Å². The molecule has 1 aromatic rings. The third-order valence-electron chi connectivity index (χ3n) is 3.88. The number of aliphatic hydroxyl groups is 1. The minimum atomic E-state index is 0.174. The van der Waals surface area contributed by atoms with Gasteiger partial charge in [-0.15, -0.1) is 0 Å². The van der Waals surface area contributed by atoms with Crippen molar-refractivity contribution in [1.82, 2.24) is 4.90 Å². The molecule has 1 heterocycles. The fourth-order valence-electron chi connectivity index (χ4n) is 2.82. The third kappa shape index (κ3) is 4.06. The van der Waals surface area contributed by atoms with Gasteiger partial charge in [0.2, 0.25) is 5.91 Å². The smallest absolute Gasteiger partial charge is 0.223 e. The normalized spacial score (nSPS) is 19.4. The lowest BCUT2D eigenvalue weighted by Crippen LogP contribution is -2.44. The largest absolute Gasteiger partial charge is 0.396 e. The summed E-state index contributed by atoms with van der Waals surface area (Å²) in [7, 11) is 0. The molecule has 1 unspecified atom stereocenters. The molecule has 0 aromatic heterocycles. The second-order valence-corrected chi connectivity index (χ2v) is 5.23. The number of aliphatic hydroxyl groups excluding tert-OH is 1. The molecule has 1 amide bonds. The van der Waals surface area contributed by atoms with Crippen molar-refractivity contribution in [2.24, 2.45) is 0 Å². The van der Waals surface area contributed by atoms with E-state index in [-0.39, 0.29) is 18.6 Å². The SMILES string of the molecule is O=C(CCc1ccccc1)N1CCCCC1CCO. The van der Waals surface area contributed by atoms with Crippen LogP contribution in [0, 0.1) is 0 Å². The van der Waals surface area contributed by atoms with E-state index in [1.54, 1.807) is 0 Å². The van der Waals surface area contributed by atoms with E-state index in [0.29, 0.717) is 6.42 Å². The minimum absolute atomic E-state index is 0.174. The second-order valence-electron chi connectivity index (χ2n) is 5.23. The Hall–Kier alpha value is -1.35. The molecule has 1 aliphatic rings. The lowest BCUT2D eigenvalue weighted by molar-refractivity contribution is -0.135. The predicted octanol–water partition coefficient (Wildman–Crippen LogP) is 2.38. The van der Waals surface area contributed by atoms with E-state index in [1.165, 1.54) is 12.0 Å². The zero-order valence-corrected chi connectivity index (χ0v) is 11.4. The first kappa shape index (κ1) is 14.1. The van der Waals surface area contributed by atoms with Gasteiger partial charge in [-0.05, 0) is 37.7 Å². The van der Waals surface area contributed by atoms with E-state index < -0.39 is 0 Å². The van der Waals surface area contributed by atoms with Crippen molar-refractivity contribution < 1.29 is 9.90 Å². The highest BCUT2D eigenvalue weighted by Gasteiger charge is 2.25. The maximum absolute atomic E-state index is 12.3. The molecule has 104 valence electrons. The average Bonchev–Trinajstić information content (AvgIpc) is 2.47. The van der Waals surface area contributed by atoms with Gasteiger partial charge in [-0.25, -0.2) is 0 Å². The van der Waals surface area contributed by atoms with Crippen LogP contribution in [0.3, 0.4) is 0 Å². The van der Waals surface area contributed by atoms with Gasteiger partial charge in [-0.2, -0.15) is 0 Å². The molecule has 3 nitrogen and oxygen atoms in total. The molecule has 0 spiro atoms. The van der Waals surface area contributed by atoms with Gasteiger partial charge < -0.3 is 10.0 Å². The first-order chi connectivity index (χ1) is 9.31. The Labute approximate surface area is 115 Å². The van der Waals surface area contributed by atoms with Crippen LogP contribution in [-0.2, 0) is 11.2 Å². The van der Waals surface area contributed by atoms with E-state index in [4.69, 9.17) is 5.11 Å². The monoisotopic (exact) mass is 261 g/mol. The summed E-state index contributed by atoms with van der Waals surface area (Å²) in [5, 5.41) is 9.09. The number of amides is 1. The number of aryl methyl sites for hydroxylation is 1. The van der Waals surface area contributed by atoms with Crippen LogP contribution in [0.25, 0.3) is 0 Å². The summed E-state index contributed by atoms with van der Waals surface area (Å²) >= 11 is 0. The Morgan fingerprint density at radius 1 is 1.26 bits per heavy atom. The molecule has 1 fully saturated rings. The van der Waals surface area contributed by atoms with Crippen LogP contribution < -0.4 is 0 Å². The minimum Gasteiger partial charge on any atom is -0.396 e. The number of likely N-dealkylation sites (tertiary alicyclic amines) is 1. The van der Waals surface area contributed by atoms with Crippen molar-refractivity contribution in [3.05, 3.63) is 35.9 Å². The van der Waals surface area contributed by atoms with Crippen molar-refractivity contribution in [3.63, 3.8) is 0 Å². The number of hydrogen-bond acceptors (Lipinski definition) is 2. The lowest BCUT2D eigenvalue weighted by Gasteiger charge is -2.35. The van der Waals surface area contributed by atoms with Gasteiger partial charge >= 0.3 is 0 Å². The number of nitrogens with zero attached hydrogens (tertiary/aromatic N) is 1. The third-order valence-corrected chi connectivity index (χ3v) is 3.88. The summed E-state index contributed by atoms with van der Waals surface area (Å²) in [6, 6.07) is 10.4. The summed E-state index contributed by atoms with van der Waals surface area (Å²) in [6.07, 6.45) is 5.41. The number of rotatable bonds is 5. The molecule has 1 N–H and O–H groups in total. The summed E-state index contributed by atoms with van der Waals surface area (Å²) in [5.41, 5.74) is 1.21. The van der Waals surface area contributed by atoms with E-state index in [9.17, 15) is 4.79 Å². The Bertz CT molecular complexity index is 389. The summed E-state index contributed by atoms with van der Waals surface area (Å²) in [5.74, 6) is 0.238. The summed E-state index contributed by atoms with van der Waals surface area (Å²) in [4.78, 5) is 14.3. The molecule has 2 rings (SSSR count). The zero-order valence-electron chi connectivity index (χ0n) is 11.4. The quantitative estimate of drug-likeness (QED) is 0.884. The number of carbonyl (C=O) groups excluding carboxylic acids is 1. The molecule has 1 atom stereocenters. The van der Waals surface area contributed by atoms with Gasteiger partial charge in [0.1, 0.15) is 0 Å². The lowest BCUT2D eigenvalue weighted by atomic mass is 9.98. The van der Waals surface area contributed by atoms with E-state index >= 15 is 0 Å². The standard InChI is InChI=1S/C16H23NO2/c18-13-11-15-8-4-5-12-17(15)16(19)10-9-14-6-2-1-3-7-14/h1-3,6-7,15,18H,4-5,8-13H2. The van der Waals surface area contributed by atoms with Crippen molar-refractivity contribution in [2.75, 3.05) is 13.2 Å². The van der Waals surface area contributed by atoms with E-state index in [1.807, 2.05) is 23.1 Å². The fourth-order valence-corrected chi connectivity index (χ4v) is 2.82. The summed E-state index contributed by atoms with van der Waals surface area (Å²) < 4.78 is 0. The van der Waals surface area contributed by atoms with Gasteiger partial charge in [0, 0.05) is 25.6 Å². The van der Waals surface area contributed by atoms with Crippen molar-refractivity contribution >= 4 is 5.91 Å². The highest BCUT2D eigenvalue weighted by Crippen LogP contribution is 2.20. The van der Waals surface area contributed by atoms with E-state index in [2.05, 4.69) is 12.1 Å². The zero-order chi connectivity index (χ0) is 13.5. The predicted molar refractivity (Wildman–Crippen MR) is 75.8 cm³/mol. The van der Waals surface area contributed by atoms with Crippen LogP contribution in [0.1, 0.15) is 37.7 Å². The van der Waals surface area contributed by atoms with Gasteiger partial charge in [0.25, 0.3) is 0 Å². The molecular weight excluding hydrogens is 238 g/mol. The van der Waals surface area contributed by atoms with Gasteiger partial charge in [-0.3, -0.25) is 4.79 Å². The van der Waals surface area contributed by atoms with Crippen LogP contribution in [0.15, 0.2) is 30.3 Å². The van der Waals surface area contributed by atoms with Crippen molar-refractivity contribution in [2.45, 2.75) is 44.6 Å². The molecular formula is C16H23NO2. The molecule has 1 aromatic carbocycles. The Morgan fingerprint density at radius 2 is 2.05 bits per heavy atom. The van der Waals surface area contributed by atoms with Crippen LogP contribution in [0.4, 0.5) is 0 Å². The Kier molecular flexibility index (Phi) is 5.40. The number of benzene rings is 1. The molecule has 0 aliphatic carbocycles. The average molecular weight is 261 g/mol. The second kappa shape index (κ2) is 7.29. The van der Waals surface area contributed by atoms with Gasteiger partial charge in [-0.1, -0.05) is 30.3 Å². The first-order valence-corrected chi connectivity index (χ1v) is 7.25. The fraction of sp³-hybridized carbons (Fsp3) is 0.562. The highest BCUT2D eigenvalue weighted by atomic mass is 16.3.